The molecule has 0 radical (unpaired) electrons. The van der Waals surface area contributed by atoms with E-state index in [1.807, 2.05) is 6.92 Å². The number of halogens is 2. The SMILES string of the molecule is CCOC(=O)c1cc(-c2ccc(Cl)cc2Cl)n(-c2ccc(C(=O)N[C@@H](C)COC)cc2)n1. The van der Waals surface area contributed by atoms with Crippen LogP contribution in [0.4, 0.5) is 0 Å². The zero-order chi connectivity index (χ0) is 23.3. The molecule has 2 aromatic carbocycles. The lowest BCUT2D eigenvalue weighted by Crippen LogP contribution is -2.35. The van der Waals surface area contributed by atoms with Crippen LogP contribution in [0.2, 0.25) is 10.0 Å². The molecule has 0 aliphatic rings. The van der Waals surface area contributed by atoms with E-state index in [0.717, 1.165) is 0 Å². The lowest BCUT2D eigenvalue weighted by atomic mass is 10.1. The number of benzene rings is 2. The Balaban J connectivity index is 1.99. The van der Waals surface area contributed by atoms with Crippen LogP contribution in [0.15, 0.2) is 48.5 Å². The maximum atomic E-state index is 12.4. The number of carbonyl (C=O) groups is 2. The second kappa shape index (κ2) is 10.6. The third kappa shape index (κ3) is 5.48. The molecule has 9 heteroatoms. The number of nitrogens with one attached hydrogen (secondary N) is 1. The van der Waals surface area contributed by atoms with Crippen molar-refractivity contribution in [2.24, 2.45) is 0 Å². The number of nitrogens with zero attached hydrogens (tertiary/aromatic N) is 2. The first-order valence-electron chi connectivity index (χ1n) is 9.96. The van der Waals surface area contributed by atoms with Gasteiger partial charge in [0.05, 0.1) is 29.6 Å². The van der Waals surface area contributed by atoms with Crippen molar-refractivity contribution in [3.63, 3.8) is 0 Å². The van der Waals surface area contributed by atoms with Crippen molar-refractivity contribution < 1.29 is 19.1 Å². The molecule has 1 heterocycles. The van der Waals surface area contributed by atoms with E-state index in [4.69, 9.17) is 32.7 Å². The molecule has 3 rings (SSSR count). The van der Waals surface area contributed by atoms with E-state index >= 15 is 0 Å². The molecule has 1 aromatic heterocycles. The summed E-state index contributed by atoms with van der Waals surface area (Å²) >= 11 is 12.4. The van der Waals surface area contributed by atoms with Gasteiger partial charge in [-0.15, -0.1) is 0 Å². The van der Waals surface area contributed by atoms with Crippen LogP contribution >= 0.6 is 23.2 Å². The highest BCUT2D eigenvalue weighted by Crippen LogP contribution is 2.32. The van der Waals surface area contributed by atoms with Crippen LogP contribution < -0.4 is 5.32 Å². The van der Waals surface area contributed by atoms with Gasteiger partial charge < -0.3 is 14.8 Å². The molecule has 32 heavy (non-hydrogen) atoms. The van der Waals surface area contributed by atoms with Crippen molar-refractivity contribution in [2.75, 3.05) is 20.3 Å². The Kier molecular flexibility index (Phi) is 7.90. The molecule has 0 unspecified atom stereocenters. The minimum absolute atomic E-state index is 0.121. The van der Waals surface area contributed by atoms with E-state index in [1.165, 1.54) is 0 Å². The number of aromatic nitrogens is 2. The van der Waals surface area contributed by atoms with Gasteiger partial charge in [0, 0.05) is 29.3 Å². The molecule has 0 spiro atoms. The highest BCUT2D eigenvalue weighted by atomic mass is 35.5. The quantitative estimate of drug-likeness (QED) is 0.473. The standard InChI is InChI=1S/C23H23Cl2N3O4/c1-4-32-23(30)20-12-21(18-10-7-16(24)11-19(18)25)28(27-20)17-8-5-15(6-9-17)22(29)26-14(2)13-31-3/h5-12,14H,4,13H2,1-3H3,(H,26,29)/t14-/m0/s1. The van der Waals surface area contributed by atoms with Crippen molar-refractivity contribution in [3.8, 4) is 16.9 Å². The summed E-state index contributed by atoms with van der Waals surface area (Å²) in [7, 11) is 1.58. The van der Waals surface area contributed by atoms with Gasteiger partial charge in [-0.1, -0.05) is 23.2 Å². The van der Waals surface area contributed by atoms with Crippen molar-refractivity contribution in [3.05, 3.63) is 69.8 Å². The van der Waals surface area contributed by atoms with Crippen LogP contribution in [0, 0.1) is 0 Å². The molecule has 0 saturated carbocycles. The predicted octanol–water partition coefficient (Wildman–Crippen LogP) is 4.79. The molecule has 168 valence electrons. The molecular weight excluding hydrogens is 453 g/mol. The first-order valence-corrected chi connectivity index (χ1v) is 10.7. The van der Waals surface area contributed by atoms with Gasteiger partial charge in [0.25, 0.3) is 5.91 Å². The molecular formula is C23H23Cl2N3O4. The Morgan fingerprint density at radius 1 is 1.12 bits per heavy atom. The molecule has 0 saturated heterocycles. The fraction of sp³-hybridized carbons (Fsp3) is 0.261. The Morgan fingerprint density at radius 2 is 1.84 bits per heavy atom. The smallest absolute Gasteiger partial charge is 0.358 e. The molecule has 3 aromatic rings. The average molecular weight is 476 g/mol. The molecule has 7 nitrogen and oxygen atoms in total. The number of esters is 1. The van der Waals surface area contributed by atoms with Gasteiger partial charge in [-0.05, 0) is 62.4 Å². The summed E-state index contributed by atoms with van der Waals surface area (Å²) in [4.78, 5) is 24.7. The molecule has 0 bridgehead atoms. The number of hydrogen-bond donors (Lipinski definition) is 1. The summed E-state index contributed by atoms with van der Waals surface area (Å²) in [6, 6.07) is 13.4. The third-order valence-electron chi connectivity index (χ3n) is 4.57. The summed E-state index contributed by atoms with van der Waals surface area (Å²) in [5, 5.41) is 8.19. The topological polar surface area (TPSA) is 82.5 Å². The van der Waals surface area contributed by atoms with Crippen molar-refractivity contribution in [1.82, 2.24) is 15.1 Å². The Labute approximate surface area is 196 Å². The van der Waals surface area contributed by atoms with Crippen molar-refractivity contribution >= 4 is 35.1 Å². The van der Waals surface area contributed by atoms with Crippen LogP contribution in [0.1, 0.15) is 34.7 Å². The van der Waals surface area contributed by atoms with Gasteiger partial charge in [0.15, 0.2) is 5.69 Å². The molecule has 1 N–H and O–H groups in total. The zero-order valence-electron chi connectivity index (χ0n) is 17.9. The van der Waals surface area contributed by atoms with Crippen LogP contribution in [0.5, 0.6) is 0 Å². The van der Waals surface area contributed by atoms with Gasteiger partial charge in [0.1, 0.15) is 0 Å². The van der Waals surface area contributed by atoms with E-state index in [9.17, 15) is 9.59 Å². The lowest BCUT2D eigenvalue weighted by Gasteiger charge is -2.13. The van der Waals surface area contributed by atoms with E-state index < -0.39 is 5.97 Å². The number of ether oxygens (including phenoxy) is 2. The third-order valence-corrected chi connectivity index (χ3v) is 5.12. The van der Waals surface area contributed by atoms with E-state index in [0.29, 0.717) is 39.2 Å². The summed E-state index contributed by atoms with van der Waals surface area (Å²) in [6.07, 6.45) is 0. The minimum atomic E-state index is -0.541. The van der Waals surface area contributed by atoms with Gasteiger partial charge in [-0.25, -0.2) is 9.48 Å². The Bertz CT molecular complexity index is 1110. The Hall–Kier alpha value is -2.87. The maximum absolute atomic E-state index is 12.4. The summed E-state index contributed by atoms with van der Waals surface area (Å²) in [5.74, 6) is -0.754. The number of rotatable bonds is 8. The minimum Gasteiger partial charge on any atom is -0.461 e. The molecule has 0 fully saturated rings. The number of carbonyl (C=O) groups excluding carboxylic acids is 2. The summed E-state index contributed by atoms with van der Waals surface area (Å²) in [5.41, 5.74) is 2.50. The van der Waals surface area contributed by atoms with Crippen molar-refractivity contribution in [2.45, 2.75) is 19.9 Å². The van der Waals surface area contributed by atoms with E-state index in [-0.39, 0.29) is 24.2 Å². The molecule has 1 atom stereocenters. The van der Waals surface area contributed by atoms with E-state index in [2.05, 4.69) is 10.4 Å². The lowest BCUT2D eigenvalue weighted by molar-refractivity contribution is 0.0518. The zero-order valence-corrected chi connectivity index (χ0v) is 19.4. The largest absolute Gasteiger partial charge is 0.461 e. The highest BCUT2D eigenvalue weighted by molar-refractivity contribution is 6.36. The molecule has 1 amide bonds. The normalized spacial score (nSPS) is 11.8. The highest BCUT2D eigenvalue weighted by Gasteiger charge is 2.20. The van der Waals surface area contributed by atoms with E-state index in [1.54, 1.807) is 67.2 Å². The second-order valence-corrected chi connectivity index (χ2v) is 7.89. The number of methoxy groups -OCH3 is 1. The number of hydrogen-bond acceptors (Lipinski definition) is 5. The van der Waals surface area contributed by atoms with Gasteiger partial charge in [0.2, 0.25) is 0 Å². The first kappa shape index (κ1) is 23.8. The Morgan fingerprint density at radius 3 is 2.47 bits per heavy atom. The van der Waals surface area contributed by atoms with Crippen LogP contribution in [-0.2, 0) is 9.47 Å². The monoisotopic (exact) mass is 475 g/mol. The van der Waals surface area contributed by atoms with Crippen LogP contribution in [0.25, 0.3) is 16.9 Å². The molecule has 0 aliphatic heterocycles. The molecule has 0 aliphatic carbocycles. The second-order valence-electron chi connectivity index (χ2n) is 7.05. The van der Waals surface area contributed by atoms with Crippen LogP contribution in [-0.4, -0.2) is 48.0 Å². The average Bonchev–Trinajstić information content (AvgIpc) is 3.19. The first-order chi connectivity index (χ1) is 15.3. The van der Waals surface area contributed by atoms with Crippen molar-refractivity contribution in [1.29, 1.82) is 0 Å². The van der Waals surface area contributed by atoms with Gasteiger partial charge >= 0.3 is 5.97 Å². The summed E-state index contributed by atoms with van der Waals surface area (Å²) in [6.45, 7) is 4.23. The fourth-order valence-electron chi connectivity index (χ4n) is 3.12. The van der Waals surface area contributed by atoms with Gasteiger partial charge in [-0.3, -0.25) is 4.79 Å². The predicted molar refractivity (Wildman–Crippen MR) is 124 cm³/mol. The van der Waals surface area contributed by atoms with Gasteiger partial charge in [-0.2, -0.15) is 5.10 Å². The van der Waals surface area contributed by atoms with Crippen LogP contribution in [0.3, 0.4) is 0 Å². The fourth-order valence-corrected chi connectivity index (χ4v) is 3.63. The maximum Gasteiger partial charge on any atom is 0.358 e. The summed E-state index contributed by atoms with van der Waals surface area (Å²) < 4.78 is 11.7. The number of amides is 1.